The number of aliphatic hydroxyl groups is 2. The van der Waals surface area contributed by atoms with E-state index in [1.54, 1.807) is 0 Å². The molecule has 3 nitrogen and oxygen atoms in total. The van der Waals surface area contributed by atoms with Gasteiger partial charge in [0.1, 0.15) is 4.32 Å². The van der Waals surface area contributed by atoms with Crippen molar-refractivity contribution in [3.05, 3.63) is 0 Å². The zero-order chi connectivity index (χ0) is 6.57. The van der Waals surface area contributed by atoms with Crippen LogP contribution in [-0.2, 0) is 0 Å². The van der Waals surface area contributed by atoms with E-state index in [0.29, 0.717) is 0 Å². The van der Waals surface area contributed by atoms with Crippen molar-refractivity contribution in [3.8, 4) is 0 Å². The monoisotopic (exact) mass is 177 g/mol. The van der Waals surface area contributed by atoms with Gasteiger partial charge in [-0.3, -0.25) is 0 Å². The van der Waals surface area contributed by atoms with Gasteiger partial charge in [-0.25, -0.2) is 0 Å². The van der Waals surface area contributed by atoms with Crippen molar-refractivity contribution in [1.29, 1.82) is 0 Å². The van der Waals surface area contributed by atoms with Crippen molar-refractivity contribution < 1.29 is 41.2 Å². The summed E-state index contributed by atoms with van der Waals surface area (Å²) in [5.74, 6) is 0.148. The summed E-state index contributed by atoms with van der Waals surface area (Å²) in [7, 11) is 0. The van der Waals surface area contributed by atoms with Crippen LogP contribution in [0.15, 0.2) is 0 Å². The summed E-state index contributed by atoms with van der Waals surface area (Å²) in [5.41, 5.74) is 5.01. The Balaban J connectivity index is -0.000000245. The van der Waals surface area contributed by atoms with Crippen molar-refractivity contribution in [3.63, 3.8) is 0 Å². The number of nitrogens with two attached hydrogens (primary N) is 1. The van der Waals surface area contributed by atoms with Gasteiger partial charge < -0.3 is 17.4 Å². The van der Waals surface area contributed by atoms with Gasteiger partial charge in [0.15, 0.2) is 6.29 Å². The summed E-state index contributed by atoms with van der Waals surface area (Å²) in [5, 5.41) is 16.4. The van der Waals surface area contributed by atoms with Crippen LogP contribution in [0.3, 0.4) is 0 Å². The first kappa shape index (κ1) is 12.8. The molecule has 0 spiro atoms. The predicted octanol–water partition coefficient (Wildman–Crippen LogP) is -3.61. The quantitative estimate of drug-likeness (QED) is 0.231. The molecular formula is C3H8NNaO2S2. The zero-order valence-corrected chi connectivity index (χ0v) is 8.71. The fourth-order valence-corrected chi connectivity index (χ4v) is 0.674. The third-order valence-corrected chi connectivity index (χ3v) is 1.48. The molecule has 0 heterocycles. The molecule has 0 bridgehead atoms. The molecular weight excluding hydrogens is 169 g/mol. The fourth-order valence-electron chi connectivity index (χ4n) is 0.157. The molecule has 0 aliphatic rings. The van der Waals surface area contributed by atoms with Gasteiger partial charge in [-0.15, -0.1) is 0 Å². The van der Waals surface area contributed by atoms with E-state index >= 15 is 0 Å². The second-order valence-electron chi connectivity index (χ2n) is 1.11. The van der Waals surface area contributed by atoms with Crippen LogP contribution >= 0.6 is 24.0 Å². The van der Waals surface area contributed by atoms with Crippen molar-refractivity contribution in [2.24, 2.45) is 5.73 Å². The van der Waals surface area contributed by atoms with E-state index in [0.717, 1.165) is 11.8 Å². The molecule has 0 aromatic carbocycles. The van der Waals surface area contributed by atoms with Gasteiger partial charge in [-0.1, -0.05) is 24.0 Å². The number of rotatable bonds is 2. The van der Waals surface area contributed by atoms with E-state index in [1.165, 1.54) is 0 Å². The van der Waals surface area contributed by atoms with E-state index in [9.17, 15) is 0 Å². The second-order valence-corrected chi connectivity index (χ2v) is 2.87. The molecule has 0 atom stereocenters. The fraction of sp³-hybridized carbons (Fsp3) is 0.667. The Hall–Kier alpha value is 1.16. The number of thioether (sulfide) groups is 1. The van der Waals surface area contributed by atoms with Crippen LogP contribution in [-0.4, -0.2) is 26.6 Å². The first-order chi connectivity index (χ1) is 3.63. The van der Waals surface area contributed by atoms with Crippen LogP contribution in [0.2, 0.25) is 0 Å². The molecule has 0 aromatic heterocycles. The van der Waals surface area contributed by atoms with E-state index in [2.05, 4.69) is 12.2 Å². The third-order valence-electron chi connectivity index (χ3n) is 0.375. The number of thiocarbonyl (C=S) groups is 1. The molecule has 0 fully saturated rings. The Labute approximate surface area is 86.8 Å². The average Bonchev–Trinajstić information content (AvgIpc) is 1.61. The van der Waals surface area contributed by atoms with Crippen LogP contribution in [0.4, 0.5) is 0 Å². The third kappa shape index (κ3) is 12.4. The normalized spacial score (nSPS) is 8.78. The Kier molecular flexibility index (Phi) is 10.3. The smallest absolute Gasteiger partial charge is 1.00 e. The molecule has 4 N–H and O–H groups in total. The summed E-state index contributed by atoms with van der Waals surface area (Å²) in [6, 6.07) is 0. The van der Waals surface area contributed by atoms with E-state index in [4.69, 9.17) is 15.9 Å². The number of hydrogen-bond acceptors (Lipinski definition) is 4. The van der Waals surface area contributed by atoms with Crippen molar-refractivity contribution in [1.82, 2.24) is 0 Å². The van der Waals surface area contributed by atoms with E-state index in [-0.39, 0.29) is 41.1 Å². The first-order valence-corrected chi connectivity index (χ1v) is 3.30. The molecule has 0 unspecified atom stereocenters. The summed E-state index contributed by atoms with van der Waals surface area (Å²) in [6.07, 6.45) is -1.32. The Morgan fingerprint density at radius 1 is 1.78 bits per heavy atom. The van der Waals surface area contributed by atoms with Crippen LogP contribution in [0, 0.1) is 0 Å². The molecule has 9 heavy (non-hydrogen) atoms. The van der Waals surface area contributed by atoms with E-state index < -0.39 is 6.29 Å². The van der Waals surface area contributed by atoms with Crippen molar-refractivity contribution in [2.75, 3.05) is 5.75 Å². The van der Waals surface area contributed by atoms with Gasteiger partial charge in [0.25, 0.3) is 0 Å². The molecule has 0 radical (unpaired) electrons. The van der Waals surface area contributed by atoms with Gasteiger partial charge >= 0.3 is 29.6 Å². The van der Waals surface area contributed by atoms with Crippen LogP contribution in [0.5, 0.6) is 0 Å². The largest absolute Gasteiger partial charge is 1.00 e. The molecule has 0 rings (SSSR count). The molecule has 50 valence electrons. The van der Waals surface area contributed by atoms with Crippen LogP contribution in [0.1, 0.15) is 1.43 Å². The van der Waals surface area contributed by atoms with Gasteiger partial charge in [-0.2, -0.15) is 0 Å². The molecule has 0 amide bonds. The van der Waals surface area contributed by atoms with Gasteiger partial charge in [-0.05, 0) is 0 Å². The standard InChI is InChI=1S/C3H7NO2S2.Na.H/c4-3(7)8-1-2(5)6;;/h2,5-6H,1H2,(H2,4,7);;/q;+1;-1. The Morgan fingerprint density at radius 3 is 2.33 bits per heavy atom. The maximum atomic E-state index is 8.22. The number of aliphatic hydroxyl groups excluding tert-OH is 1. The van der Waals surface area contributed by atoms with Crippen LogP contribution < -0.4 is 35.3 Å². The maximum absolute atomic E-state index is 8.22. The summed E-state index contributed by atoms with van der Waals surface area (Å²) >= 11 is 5.48. The Bertz CT molecular complexity index is 94.6. The minimum absolute atomic E-state index is 0. The topological polar surface area (TPSA) is 66.5 Å². The van der Waals surface area contributed by atoms with Crippen molar-refractivity contribution >= 4 is 28.3 Å². The zero-order valence-electron chi connectivity index (χ0n) is 6.07. The summed E-state index contributed by atoms with van der Waals surface area (Å²) in [6.45, 7) is 0. The predicted molar refractivity (Wildman–Crippen MR) is 38.6 cm³/mol. The van der Waals surface area contributed by atoms with Crippen LogP contribution in [0.25, 0.3) is 0 Å². The SMILES string of the molecule is NC(=S)SCC(O)O.[H-].[Na+]. The minimum Gasteiger partial charge on any atom is -1.00 e. The van der Waals surface area contributed by atoms with Crippen molar-refractivity contribution in [2.45, 2.75) is 6.29 Å². The molecule has 6 heteroatoms. The van der Waals surface area contributed by atoms with Gasteiger partial charge in [0.05, 0.1) is 5.75 Å². The molecule has 0 aromatic rings. The van der Waals surface area contributed by atoms with E-state index in [1.807, 2.05) is 0 Å². The van der Waals surface area contributed by atoms with Gasteiger partial charge in [0.2, 0.25) is 0 Å². The molecule has 0 aliphatic heterocycles. The average molecular weight is 177 g/mol. The minimum atomic E-state index is -1.32. The van der Waals surface area contributed by atoms with Gasteiger partial charge in [0, 0.05) is 0 Å². The summed E-state index contributed by atoms with van der Waals surface area (Å²) < 4.78 is 0.234. The molecule has 0 aliphatic carbocycles. The second kappa shape index (κ2) is 7.27. The number of hydrogen-bond donors (Lipinski definition) is 3. The maximum Gasteiger partial charge on any atom is 1.00 e. The molecule has 0 saturated heterocycles. The Morgan fingerprint density at radius 2 is 2.22 bits per heavy atom. The first-order valence-electron chi connectivity index (χ1n) is 1.91. The summed E-state index contributed by atoms with van der Waals surface area (Å²) in [4.78, 5) is 0. The molecule has 0 saturated carbocycles.